The highest BCUT2D eigenvalue weighted by molar-refractivity contribution is 5.59. The van der Waals surface area contributed by atoms with Gasteiger partial charge in [-0.2, -0.15) is 0 Å². The molecule has 0 atom stereocenters. The van der Waals surface area contributed by atoms with Crippen LogP contribution in [0.4, 0.5) is 5.69 Å². The van der Waals surface area contributed by atoms with E-state index in [2.05, 4.69) is 31.3 Å². The Bertz CT molecular complexity index is 307. The number of rotatable bonds is 5. The summed E-state index contributed by atoms with van der Waals surface area (Å²) in [6, 6.07) is 6.20. The van der Waals surface area contributed by atoms with E-state index in [0.717, 1.165) is 19.3 Å². The van der Waals surface area contributed by atoms with E-state index in [1.165, 1.54) is 16.8 Å². The van der Waals surface area contributed by atoms with Crippen molar-refractivity contribution in [3.8, 4) is 0 Å². The summed E-state index contributed by atoms with van der Waals surface area (Å²) >= 11 is 0. The van der Waals surface area contributed by atoms with Crippen LogP contribution in [0, 0.1) is 6.92 Å². The van der Waals surface area contributed by atoms with Crippen molar-refractivity contribution in [2.75, 3.05) is 11.9 Å². The summed E-state index contributed by atoms with van der Waals surface area (Å²) in [4.78, 5) is 10.3. The monoisotopic (exact) mass is 191 g/mol. The number of benzene rings is 1. The van der Waals surface area contributed by atoms with E-state index < -0.39 is 0 Å². The number of nitrogens with one attached hydrogen (secondary N) is 1. The molecular weight excluding hydrogens is 174 g/mol. The first-order chi connectivity index (χ1) is 6.79. The second-order valence-corrected chi connectivity index (χ2v) is 3.34. The Labute approximate surface area is 85.3 Å². The van der Waals surface area contributed by atoms with Gasteiger partial charge in [0.05, 0.1) is 0 Å². The lowest BCUT2D eigenvalue weighted by atomic mass is 10.0. The van der Waals surface area contributed by atoms with Gasteiger partial charge in [0, 0.05) is 18.7 Å². The topological polar surface area (TPSA) is 29.1 Å². The van der Waals surface area contributed by atoms with Crippen molar-refractivity contribution in [1.82, 2.24) is 0 Å². The Morgan fingerprint density at radius 3 is 2.86 bits per heavy atom. The van der Waals surface area contributed by atoms with Gasteiger partial charge < -0.3 is 10.1 Å². The second-order valence-electron chi connectivity index (χ2n) is 3.34. The third kappa shape index (κ3) is 2.59. The number of anilines is 1. The molecular formula is C12H17NO. The molecule has 1 aromatic carbocycles. The third-order valence-corrected chi connectivity index (χ3v) is 2.24. The van der Waals surface area contributed by atoms with Gasteiger partial charge in [-0.25, -0.2) is 0 Å². The summed E-state index contributed by atoms with van der Waals surface area (Å²) in [5, 5.41) is 3.34. The highest BCUT2D eigenvalue weighted by Gasteiger charge is 2.03. The van der Waals surface area contributed by atoms with E-state index in [4.69, 9.17) is 0 Å². The van der Waals surface area contributed by atoms with Crippen molar-refractivity contribution < 1.29 is 4.79 Å². The maximum absolute atomic E-state index is 10.3. The molecule has 76 valence electrons. The van der Waals surface area contributed by atoms with E-state index in [-0.39, 0.29) is 0 Å². The lowest BCUT2D eigenvalue weighted by Gasteiger charge is -2.12. The average molecular weight is 191 g/mol. The zero-order valence-electron chi connectivity index (χ0n) is 8.84. The molecule has 0 aromatic heterocycles. The van der Waals surface area contributed by atoms with E-state index in [1.54, 1.807) is 0 Å². The fourth-order valence-corrected chi connectivity index (χ4v) is 1.58. The molecule has 0 spiro atoms. The van der Waals surface area contributed by atoms with E-state index in [9.17, 15) is 4.79 Å². The van der Waals surface area contributed by atoms with Gasteiger partial charge in [0.2, 0.25) is 0 Å². The maximum Gasteiger partial charge on any atom is 0.120 e. The smallest absolute Gasteiger partial charge is 0.120 e. The summed E-state index contributed by atoms with van der Waals surface area (Å²) in [7, 11) is 0. The Morgan fingerprint density at radius 2 is 2.21 bits per heavy atom. The fraction of sp³-hybridized carbons (Fsp3) is 0.417. The van der Waals surface area contributed by atoms with Gasteiger partial charge in [-0.15, -0.1) is 0 Å². The summed E-state index contributed by atoms with van der Waals surface area (Å²) in [6.07, 6.45) is 2.40. The van der Waals surface area contributed by atoms with Gasteiger partial charge in [0.15, 0.2) is 0 Å². The van der Waals surface area contributed by atoms with Crippen molar-refractivity contribution in [1.29, 1.82) is 0 Å². The van der Waals surface area contributed by atoms with Crippen LogP contribution in [0.5, 0.6) is 0 Å². The van der Waals surface area contributed by atoms with Crippen LogP contribution in [0.15, 0.2) is 18.2 Å². The predicted octanol–water partition coefficient (Wildman–Crippen LogP) is 2.56. The summed E-state index contributed by atoms with van der Waals surface area (Å²) < 4.78 is 0. The number of hydrogen-bond donors (Lipinski definition) is 1. The van der Waals surface area contributed by atoms with E-state index >= 15 is 0 Å². The number of carbonyl (C=O) groups excluding carboxylic acids is 1. The van der Waals surface area contributed by atoms with Gasteiger partial charge in [-0.1, -0.05) is 18.2 Å². The summed E-state index contributed by atoms with van der Waals surface area (Å²) in [5.41, 5.74) is 3.67. The molecule has 0 radical (unpaired) electrons. The first-order valence-electron chi connectivity index (χ1n) is 5.05. The van der Waals surface area contributed by atoms with Crippen LogP contribution in [0.1, 0.15) is 24.5 Å². The van der Waals surface area contributed by atoms with Gasteiger partial charge in [-0.05, 0) is 31.4 Å². The number of hydrogen-bond acceptors (Lipinski definition) is 2. The maximum atomic E-state index is 10.3. The van der Waals surface area contributed by atoms with Crippen molar-refractivity contribution in [3.05, 3.63) is 29.3 Å². The molecule has 1 N–H and O–H groups in total. The molecule has 0 unspecified atom stereocenters. The van der Waals surface area contributed by atoms with Crippen LogP contribution < -0.4 is 5.32 Å². The number of aldehydes is 1. The van der Waals surface area contributed by atoms with Crippen molar-refractivity contribution in [3.63, 3.8) is 0 Å². The largest absolute Gasteiger partial charge is 0.385 e. The minimum atomic E-state index is 0.599. The Hall–Kier alpha value is -1.31. The van der Waals surface area contributed by atoms with Crippen LogP contribution in [0.2, 0.25) is 0 Å². The highest BCUT2D eigenvalue weighted by atomic mass is 16.1. The Morgan fingerprint density at radius 1 is 1.43 bits per heavy atom. The average Bonchev–Trinajstić information content (AvgIpc) is 2.19. The lowest BCUT2D eigenvalue weighted by Crippen LogP contribution is -2.03. The molecule has 1 rings (SSSR count). The molecule has 2 nitrogen and oxygen atoms in total. The first-order valence-corrected chi connectivity index (χ1v) is 5.05. The third-order valence-electron chi connectivity index (χ3n) is 2.24. The Balaban J connectivity index is 2.89. The quantitative estimate of drug-likeness (QED) is 0.725. The van der Waals surface area contributed by atoms with Gasteiger partial charge >= 0.3 is 0 Å². The lowest BCUT2D eigenvalue weighted by molar-refractivity contribution is -0.107. The minimum Gasteiger partial charge on any atom is -0.385 e. The molecule has 0 heterocycles. The molecule has 0 aliphatic rings. The molecule has 0 aliphatic carbocycles. The normalized spacial score (nSPS) is 9.86. The van der Waals surface area contributed by atoms with Crippen molar-refractivity contribution in [2.45, 2.75) is 26.7 Å². The number of aryl methyl sites for hydroxylation is 2. The van der Waals surface area contributed by atoms with Crippen molar-refractivity contribution in [2.24, 2.45) is 0 Å². The molecule has 1 aromatic rings. The standard InChI is InChI=1S/C12H17NO/c1-3-13-12-10(2)6-4-7-11(12)8-5-9-14/h4,6-7,9,13H,3,5,8H2,1-2H3. The van der Waals surface area contributed by atoms with Gasteiger partial charge in [0.1, 0.15) is 6.29 Å². The molecule has 0 amide bonds. The SMILES string of the molecule is CCNc1c(C)cccc1CCC=O. The summed E-state index contributed by atoms with van der Waals surface area (Å²) in [5.74, 6) is 0. The zero-order valence-corrected chi connectivity index (χ0v) is 8.84. The van der Waals surface area contributed by atoms with Crippen LogP contribution >= 0.6 is 0 Å². The molecule has 0 aliphatic heterocycles. The fourth-order valence-electron chi connectivity index (χ4n) is 1.58. The molecule has 0 fully saturated rings. The van der Waals surface area contributed by atoms with Crippen molar-refractivity contribution >= 4 is 12.0 Å². The minimum absolute atomic E-state index is 0.599. The molecule has 2 heteroatoms. The number of para-hydroxylation sites is 1. The second kappa shape index (κ2) is 5.43. The number of carbonyl (C=O) groups is 1. The predicted molar refractivity (Wildman–Crippen MR) is 59.7 cm³/mol. The molecule has 0 saturated heterocycles. The van der Waals surface area contributed by atoms with E-state index in [1.807, 2.05) is 6.07 Å². The molecule has 14 heavy (non-hydrogen) atoms. The highest BCUT2D eigenvalue weighted by Crippen LogP contribution is 2.21. The molecule has 0 bridgehead atoms. The van der Waals surface area contributed by atoms with Crippen LogP contribution in [-0.2, 0) is 11.2 Å². The van der Waals surface area contributed by atoms with E-state index in [0.29, 0.717) is 6.42 Å². The zero-order chi connectivity index (χ0) is 10.4. The van der Waals surface area contributed by atoms with Gasteiger partial charge in [0.25, 0.3) is 0 Å². The first kappa shape index (κ1) is 10.8. The molecule has 0 saturated carbocycles. The van der Waals surface area contributed by atoms with Gasteiger partial charge in [-0.3, -0.25) is 0 Å². The van der Waals surface area contributed by atoms with Crippen LogP contribution in [-0.4, -0.2) is 12.8 Å². The van der Waals surface area contributed by atoms with Crippen LogP contribution in [0.25, 0.3) is 0 Å². The van der Waals surface area contributed by atoms with Crippen LogP contribution in [0.3, 0.4) is 0 Å². The Kier molecular flexibility index (Phi) is 4.17. The summed E-state index contributed by atoms with van der Waals surface area (Å²) in [6.45, 7) is 5.08.